The number of aliphatic hydroxyl groups is 1. The van der Waals surface area contributed by atoms with E-state index in [0.29, 0.717) is 5.65 Å². The smallest absolute Gasteiger partial charge is 0.332 e. The lowest BCUT2D eigenvalue weighted by Crippen LogP contribution is -2.38. The zero-order chi connectivity index (χ0) is 18.8. The fourth-order valence-electron chi connectivity index (χ4n) is 2.77. The van der Waals surface area contributed by atoms with E-state index in [1.165, 1.54) is 17.9 Å². The Morgan fingerprint density at radius 2 is 1.88 bits per heavy atom. The van der Waals surface area contributed by atoms with Gasteiger partial charge in [-0.15, -0.1) is 0 Å². The Bertz CT molecular complexity index is 1030. The molecule has 9 nitrogen and oxygen atoms in total. The highest BCUT2D eigenvalue weighted by molar-refractivity contribution is 5.69. The second-order valence-electron chi connectivity index (χ2n) is 6.04. The molecule has 2 aromatic heterocycles. The average Bonchev–Trinajstić information content (AvgIpc) is 3.07. The summed E-state index contributed by atoms with van der Waals surface area (Å²) in [6.45, 7) is 0.463. The molecule has 2 N–H and O–H groups in total. The van der Waals surface area contributed by atoms with Crippen molar-refractivity contribution in [3.63, 3.8) is 0 Å². The van der Waals surface area contributed by atoms with Crippen molar-refractivity contribution >= 4 is 16.9 Å². The molecule has 26 heavy (non-hydrogen) atoms. The Hall–Kier alpha value is -3.07. The maximum atomic E-state index is 12.4. The summed E-state index contributed by atoms with van der Waals surface area (Å²) in [5.74, 6) is 0.752. The third-order valence-electron chi connectivity index (χ3n) is 4.26. The lowest BCUT2D eigenvalue weighted by atomic mass is 10.2. The summed E-state index contributed by atoms with van der Waals surface area (Å²) in [7, 11) is 4.58. The van der Waals surface area contributed by atoms with Crippen LogP contribution < -0.4 is 21.3 Å². The van der Waals surface area contributed by atoms with Crippen LogP contribution >= 0.6 is 0 Å². The van der Waals surface area contributed by atoms with Crippen molar-refractivity contribution in [2.45, 2.75) is 12.6 Å². The van der Waals surface area contributed by atoms with Crippen molar-refractivity contribution in [3.8, 4) is 5.75 Å². The van der Waals surface area contributed by atoms with Crippen molar-refractivity contribution < 1.29 is 9.84 Å². The van der Waals surface area contributed by atoms with E-state index < -0.39 is 17.4 Å². The topological polar surface area (TPSA) is 103 Å². The maximum absolute atomic E-state index is 12.4. The summed E-state index contributed by atoms with van der Waals surface area (Å²) in [4.78, 5) is 28.5. The van der Waals surface area contributed by atoms with E-state index >= 15 is 0 Å². The van der Waals surface area contributed by atoms with Gasteiger partial charge in [0.15, 0.2) is 11.2 Å². The van der Waals surface area contributed by atoms with Crippen molar-refractivity contribution in [1.29, 1.82) is 0 Å². The van der Waals surface area contributed by atoms with Crippen LogP contribution in [0.1, 0.15) is 0 Å². The van der Waals surface area contributed by atoms with Gasteiger partial charge in [-0.3, -0.25) is 13.9 Å². The first kappa shape index (κ1) is 17.7. The minimum Gasteiger partial charge on any atom is -0.497 e. The molecular formula is C17H21N5O4. The molecule has 9 heteroatoms. The molecule has 0 spiro atoms. The van der Waals surface area contributed by atoms with Gasteiger partial charge in [0.05, 0.1) is 26.1 Å². The molecule has 1 atom stereocenters. The lowest BCUT2D eigenvalue weighted by Gasteiger charge is -2.14. The zero-order valence-electron chi connectivity index (χ0n) is 14.8. The fraction of sp³-hybridized carbons (Fsp3) is 0.353. The Labute approximate surface area is 149 Å². The van der Waals surface area contributed by atoms with Crippen molar-refractivity contribution in [2.75, 3.05) is 19.0 Å². The van der Waals surface area contributed by atoms with Gasteiger partial charge in [0, 0.05) is 26.3 Å². The predicted molar refractivity (Wildman–Crippen MR) is 97.7 cm³/mol. The maximum Gasteiger partial charge on any atom is 0.332 e. The number of benzene rings is 1. The summed E-state index contributed by atoms with van der Waals surface area (Å²) in [6, 6.07) is 7.35. The minimum absolute atomic E-state index is 0.174. The van der Waals surface area contributed by atoms with E-state index in [4.69, 9.17) is 4.74 Å². The molecule has 0 radical (unpaired) electrons. The molecule has 3 aromatic rings. The molecule has 0 unspecified atom stereocenters. The van der Waals surface area contributed by atoms with Gasteiger partial charge in [-0.25, -0.2) is 9.78 Å². The molecule has 138 valence electrons. The van der Waals surface area contributed by atoms with Gasteiger partial charge in [-0.2, -0.15) is 0 Å². The number of imidazole rings is 1. The number of methoxy groups -OCH3 is 1. The zero-order valence-corrected chi connectivity index (χ0v) is 14.8. The molecule has 2 heterocycles. The SMILES string of the molecule is COc1ccc(NC[C@@H](O)Cn2cnc3c2c(=O)n(C)c(=O)n3C)cc1. The molecule has 0 bridgehead atoms. The summed E-state index contributed by atoms with van der Waals surface area (Å²) >= 11 is 0. The average molecular weight is 359 g/mol. The Balaban J connectivity index is 1.76. The van der Waals surface area contributed by atoms with E-state index in [1.54, 1.807) is 18.7 Å². The normalized spacial score (nSPS) is 12.3. The number of aliphatic hydroxyl groups excluding tert-OH is 1. The van der Waals surface area contributed by atoms with Crippen LogP contribution in [0.2, 0.25) is 0 Å². The summed E-state index contributed by atoms with van der Waals surface area (Å²) in [5, 5.41) is 13.4. The van der Waals surface area contributed by atoms with Crippen LogP contribution in [0.5, 0.6) is 5.75 Å². The lowest BCUT2D eigenvalue weighted by molar-refractivity contribution is 0.168. The number of hydrogen-bond acceptors (Lipinski definition) is 6. The number of rotatable bonds is 6. The van der Waals surface area contributed by atoms with E-state index in [0.717, 1.165) is 16.0 Å². The number of hydrogen-bond donors (Lipinski definition) is 2. The summed E-state index contributed by atoms with van der Waals surface area (Å²) in [5.41, 5.74) is 0.565. The first-order chi connectivity index (χ1) is 12.4. The Morgan fingerprint density at radius 1 is 1.19 bits per heavy atom. The number of nitrogens with zero attached hydrogens (tertiary/aromatic N) is 4. The largest absolute Gasteiger partial charge is 0.497 e. The van der Waals surface area contributed by atoms with Crippen LogP contribution in [-0.2, 0) is 20.6 Å². The van der Waals surface area contributed by atoms with E-state index in [-0.39, 0.29) is 18.6 Å². The predicted octanol–water partition coefficient (Wildman–Crippen LogP) is -0.0847. The minimum atomic E-state index is -0.753. The third kappa shape index (κ3) is 3.21. The number of aromatic nitrogens is 4. The summed E-state index contributed by atoms with van der Waals surface area (Å²) in [6.07, 6.45) is 0.707. The monoisotopic (exact) mass is 359 g/mol. The number of nitrogens with one attached hydrogen (secondary N) is 1. The van der Waals surface area contributed by atoms with Crippen LogP contribution in [-0.4, -0.2) is 43.6 Å². The molecule has 0 saturated heterocycles. The first-order valence-corrected chi connectivity index (χ1v) is 8.09. The van der Waals surface area contributed by atoms with E-state index in [1.807, 2.05) is 24.3 Å². The quantitative estimate of drug-likeness (QED) is 0.638. The number of ether oxygens (including phenoxy) is 1. The van der Waals surface area contributed by atoms with Gasteiger partial charge in [-0.05, 0) is 24.3 Å². The summed E-state index contributed by atoms with van der Waals surface area (Å²) < 4.78 is 9.01. The third-order valence-corrected chi connectivity index (χ3v) is 4.26. The number of anilines is 1. The molecule has 3 rings (SSSR count). The second-order valence-corrected chi connectivity index (χ2v) is 6.04. The number of fused-ring (bicyclic) bond motifs is 1. The van der Waals surface area contributed by atoms with Crippen LogP contribution in [0, 0.1) is 0 Å². The number of aryl methyl sites for hydroxylation is 1. The van der Waals surface area contributed by atoms with Crippen molar-refractivity contribution in [3.05, 3.63) is 51.4 Å². The molecule has 0 aliphatic carbocycles. The van der Waals surface area contributed by atoms with Crippen molar-refractivity contribution in [2.24, 2.45) is 14.1 Å². The fourth-order valence-corrected chi connectivity index (χ4v) is 2.77. The van der Waals surface area contributed by atoms with Gasteiger partial charge in [-0.1, -0.05) is 0 Å². The Kier molecular flexibility index (Phi) is 4.81. The molecule has 0 aliphatic rings. The van der Waals surface area contributed by atoms with Gasteiger partial charge in [0.1, 0.15) is 5.75 Å². The second kappa shape index (κ2) is 7.04. The molecule has 0 saturated carbocycles. The highest BCUT2D eigenvalue weighted by Gasteiger charge is 2.16. The molecule has 1 aromatic carbocycles. The Morgan fingerprint density at radius 3 is 2.54 bits per heavy atom. The highest BCUT2D eigenvalue weighted by Crippen LogP contribution is 2.15. The van der Waals surface area contributed by atoms with Crippen molar-refractivity contribution in [1.82, 2.24) is 18.7 Å². The standard InChI is InChI=1S/C17H21N5O4/c1-20-15-14(16(24)21(2)17(20)25)22(10-19-15)9-12(23)8-18-11-4-6-13(26-3)7-5-11/h4-7,10,12,18,23H,8-9H2,1-3H3/t12-/m1/s1. The van der Waals surface area contributed by atoms with E-state index in [9.17, 15) is 14.7 Å². The van der Waals surface area contributed by atoms with Crippen LogP contribution in [0.4, 0.5) is 5.69 Å². The van der Waals surface area contributed by atoms with E-state index in [2.05, 4.69) is 10.3 Å². The van der Waals surface area contributed by atoms with Crippen LogP contribution in [0.3, 0.4) is 0 Å². The van der Waals surface area contributed by atoms with Crippen LogP contribution in [0.15, 0.2) is 40.2 Å². The van der Waals surface area contributed by atoms with Gasteiger partial charge in [0.2, 0.25) is 0 Å². The molecular weight excluding hydrogens is 338 g/mol. The first-order valence-electron chi connectivity index (χ1n) is 8.09. The highest BCUT2D eigenvalue weighted by atomic mass is 16.5. The van der Waals surface area contributed by atoms with Gasteiger partial charge >= 0.3 is 5.69 Å². The van der Waals surface area contributed by atoms with Gasteiger partial charge < -0.3 is 19.7 Å². The molecule has 0 fully saturated rings. The van der Waals surface area contributed by atoms with Crippen LogP contribution in [0.25, 0.3) is 11.2 Å². The molecule has 0 amide bonds. The molecule has 0 aliphatic heterocycles. The van der Waals surface area contributed by atoms with Gasteiger partial charge in [0.25, 0.3) is 5.56 Å².